The number of non-ortho nitro benzene ring substituents is 1. The number of fused-ring (bicyclic) bond motifs is 3. The molecule has 3 aromatic heterocycles. The van der Waals surface area contributed by atoms with E-state index in [4.69, 9.17) is 0 Å². The Kier molecular flexibility index (Phi) is 3.56. The maximum absolute atomic E-state index is 12.6. The van der Waals surface area contributed by atoms with E-state index in [0.29, 0.717) is 28.2 Å². The Hall–Kier alpha value is -3.85. The van der Waals surface area contributed by atoms with Crippen molar-refractivity contribution in [3.05, 3.63) is 86.5 Å². The smallest absolute Gasteiger partial charge is 0.267 e. The molecule has 0 amide bonds. The van der Waals surface area contributed by atoms with Crippen molar-refractivity contribution in [2.75, 3.05) is 0 Å². The van der Waals surface area contributed by atoms with Crippen molar-refractivity contribution in [1.82, 2.24) is 19.2 Å². The summed E-state index contributed by atoms with van der Waals surface area (Å²) in [6.07, 6.45) is 0. The maximum Gasteiger partial charge on any atom is 0.282 e. The lowest BCUT2D eigenvalue weighted by molar-refractivity contribution is -0.384. The molecule has 3 heterocycles. The van der Waals surface area contributed by atoms with Crippen molar-refractivity contribution < 1.29 is 4.92 Å². The number of thiophene rings is 1. The monoisotopic (exact) mass is 389 g/mol. The summed E-state index contributed by atoms with van der Waals surface area (Å²) in [4.78, 5) is 28.2. The van der Waals surface area contributed by atoms with Gasteiger partial charge in [0.15, 0.2) is 5.82 Å². The van der Waals surface area contributed by atoms with Gasteiger partial charge in [0.1, 0.15) is 0 Å². The first-order valence-corrected chi connectivity index (χ1v) is 9.21. The van der Waals surface area contributed by atoms with Crippen molar-refractivity contribution in [2.45, 2.75) is 0 Å². The zero-order valence-electron chi connectivity index (χ0n) is 14.2. The Bertz CT molecular complexity index is 1400. The average Bonchev–Trinajstić information content (AvgIpc) is 3.36. The predicted octanol–water partition coefficient (Wildman–Crippen LogP) is 3.67. The topological polar surface area (TPSA) is 95.3 Å². The Morgan fingerprint density at radius 2 is 1.79 bits per heavy atom. The summed E-state index contributed by atoms with van der Waals surface area (Å²) in [7, 11) is 0. The van der Waals surface area contributed by atoms with Crippen LogP contribution in [0.15, 0.2) is 70.8 Å². The van der Waals surface area contributed by atoms with Gasteiger partial charge in [-0.3, -0.25) is 19.3 Å². The van der Waals surface area contributed by atoms with Gasteiger partial charge in [-0.05, 0) is 35.7 Å². The molecule has 0 aliphatic rings. The van der Waals surface area contributed by atoms with Crippen LogP contribution in [0.4, 0.5) is 5.69 Å². The van der Waals surface area contributed by atoms with Gasteiger partial charge in [0.25, 0.3) is 11.2 Å². The van der Waals surface area contributed by atoms with Crippen LogP contribution in [0.3, 0.4) is 0 Å². The second kappa shape index (κ2) is 6.10. The number of nitrogens with zero attached hydrogens (tertiary/aromatic N) is 5. The second-order valence-corrected chi connectivity index (χ2v) is 7.00. The van der Waals surface area contributed by atoms with Gasteiger partial charge in [-0.1, -0.05) is 18.2 Å². The van der Waals surface area contributed by atoms with Gasteiger partial charge >= 0.3 is 0 Å². The molecular formula is C19H11N5O3S. The summed E-state index contributed by atoms with van der Waals surface area (Å²) in [5.74, 6) is 0.994. The zero-order valence-corrected chi connectivity index (χ0v) is 15.0. The van der Waals surface area contributed by atoms with E-state index < -0.39 is 4.92 Å². The quantitative estimate of drug-likeness (QED) is 0.347. The van der Waals surface area contributed by atoms with Gasteiger partial charge < -0.3 is 0 Å². The fraction of sp³-hybridized carbons (Fsp3) is 0. The van der Waals surface area contributed by atoms with E-state index in [9.17, 15) is 14.9 Å². The molecule has 9 heteroatoms. The van der Waals surface area contributed by atoms with E-state index in [1.54, 1.807) is 24.3 Å². The second-order valence-electron chi connectivity index (χ2n) is 6.06. The van der Waals surface area contributed by atoms with E-state index in [1.165, 1.54) is 28.2 Å². The maximum atomic E-state index is 12.6. The minimum absolute atomic E-state index is 0.0192. The lowest BCUT2D eigenvalue weighted by Gasteiger charge is -2.04. The Balaban J connectivity index is 1.88. The molecule has 0 saturated heterocycles. The van der Waals surface area contributed by atoms with Crippen LogP contribution in [-0.4, -0.2) is 24.1 Å². The molecule has 0 radical (unpaired) electrons. The summed E-state index contributed by atoms with van der Waals surface area (Å²) in [6, 6.07) is 17.1. The average molecular weight is 389 g/mol. The van der Waals surface area contributed by atoms with Crippen molar-refractivity contribution in [3.8, 4) is 16.4 Å². The highest BCUT2D eigenvalue weighted by molar-refractivity contribution is 7.13. The fourth-order valence-corrected chi connectivity index (χ4v) is 3.85. The summed E-state index contributed by atoms with van der Waals surface area (Å²) < 4.78 is 3.37. The van der Waals surface area contributed by atoms with Crippen LogP contribution in [0, 0.1) is 10.1 Å². The summed E-state index contributed by atoms with van der Waals surface area (Å²) in [6.45, 7) is 0. The zero-order chi connectivity index (χ0) is 19.3. The number of nitro groups is 1. The highest BCUT2D eigenvalue weighted by Gasteiger charge is 2.19. The molecule has 28 heavy (non-hydrogen) atoms. The SMILES string of the molecule is O=c1nc2n(-c3ccc([N+](=O)[O-])cc3)nc(-c3cccs3)n2c2ccccc12. The van der Waals surface area contributed by atoms with Gasteiger partial charge in [-0.15, -0.1) is 16.4 Å². The van der Waals surface area contributed by atoms with Crippen LogP contribution in [-0.2, 0) is 0 Å². The molecular weight excluding hydrogens is 378 g/mol. The Morgan fingerprint density at radius 3 is 2.50 bits per heavy atom. The van der Waals surface area contributed by atoms with E-state index in [1.807, 2.05) is 34.0 Å². The van der Waals surface area contributed by atoms with E-state index in [2.05, 4.69) is 10.1 Å². The van der Waals surface area contributed by atoms with Gasteiger partial charge in [0.05, 0.1) is 26.4 Å². The molecule has 5 rings (SSSR count). The molecule has 0 aliphatic heterocycles. The molecule has 136 valence electrons. The molecule has 0 atom stereocenters. The van der Waals surface area contributed by atoms with E-state index in [0.717, 1.165) is 4.88 Å². The largest absolute Gasteiger partial charge is 0.282 e. The third kappa shape index (κ3) is 2.41. The minimum atomic E-state index is -0.460. The van der Waals surface area contributed by atoms with Crippen LogP contribution in [0.1, 0.15) is 0 Å². The molecule has 0 spiro atoms. The molecule has 0 unspecified atom stereocenters. The highest BCUT2D eigenvalue weighted by atomic mass is 32.1. The third-order valence-electron chi connectivity index (χ3n) is 4.42. The first-order chi connectivity index (χ1) is 13.6. The summed E-state index contributed by atoms with van der Waals surface area (Å²) in [5.41, 5.74) is 0.910. The fourth-order valence-electron chi connectivity index (χ4n) is 3.15. The van der Waals surface area contributed by atoms with E-state index >= 15 is 0 Å². The van der Waals surface area contributed by atoms with Crippen molar-refractivity contribution in [2.24, 2.45) is 0 Å². The van der Waals surface area contributed by atoms with Crippen LogP contribution >= 0.6 is 11.3 Å². The molecule has 0 fully saturated rings. The third-order valence-corrected chi connectivity index (χ3v) is 5.29. The standard InChI is InChI=1S/C19H11N5O3S/c25-18-14-4-1-2-5-15(14)22-17(16-6-3-11-28-16)21-23(19(22)20-18)12-7-9-13(10-8-12)24(26)27/h1-11H. The minimum Gasteiger partial charge on any atom is -0.267 e. The number of hydrogen-bond donors (Lipinski definition) is 0. The predicted molar refractivity (Wildman–Crippen MR) is 106 cm³/mol. The Labute approximate surface area is 161 Å². The first-order valence-electron chi connectivity index (χ1n) is 8.33. The molecule has 0 saturated carbocycles. The Morgan fingerprint density at radius 1 is 1.00 bits per heavy atom. The lowest BCUT2D eigenvalue weighted by Crippen LogP contribution is -2.12. The van der Waals surface area contributed by atoms with Crippen LogP contribution in [0.5, 0.6) is 0 Å². The highest BCUT2D eigenvalue weighted by Crippen LogP contribution is 2.28. The number of para-hydroxylation sites is 1. The van der Waals surface area contributed by atoms with Crippen LogP contribution < -0.4 is 5.56 Å². The number of nitro benzene ring substituents is 1. The molecule has 2 aromatic carbocycles. The van der Waals surface area contributed by atoms with Gasteiger partial charge in [-0.2, -0.15) is 9.67 Å². The molecule has 8 nitrogen and oxygen atoms in total. The van der Waals surface area contributed by atoms with Crippen molar-refractivity contribution in [1.29, 1.82) is 0 Å². The van der Waals surface area contributed by atoms with Gasteiger partial charge in [-0.25, -0.2) is 0 Å². The summed E-state index contributed by atoms with van der Waals surface area (Å²) in [5, 5.41) is 18.1. The molecule has 0 N–H and O–H groups in total. The van der Waals surface area contributed by atoms with Crippen LogP contribution in [0.2, 0.25) is 0 Å². The number of benzene rings is 2. The van der Waals surface area contributed by atoms with Crippen molar-refractivity contribution >= 4 is 33.7 Å². The number of hydrogen-bond acceptors (Lipinski definition) is 6. The van der Waals surface area contributed by atoms with Crippen molar-refractivity contribution in [3.63, 3.8) is 0 Å². The lowest BCUT2D eigenvalue weighted by atomic mass is 10.2. The molecule has 0 bridgehead atoms. The number of rotatable bonds is 3. The normalized spacial score (nSPS) is 11.3. The molecule has 0 aliphatic carbocycles. The van der Waals surface area contributed by atoms with Gasteiger partial charge in [0.2, 0.25) is 5.78 Å². The molecule has 5 aromatic rings. The van der Waals surface area contributed by atoms with E-state index in [-0.39, 0.29) is 11.2 Å². The number of aromatic nitrogens is 4. The van der Waals surface area contributed by atoms with Crippen LogP contribution in [0.25, 0.3) is 33.1 Å². The first kappa shape index (κ1) is 16.3. The van der Waals surface area contributed by atoms with Gasteiger partial charge in [0, 0.05) is 12.1 Å². The summed E-state index contributed by atoms with van der Waals surface area (Å²) >= 11 is 1.53.